The highest BCUT2D eigenvalue weighted by atomic mass is 16.1. The van der Waals surface area contributed by atoms with Gasteiger partial charge < -0.3 is 15.1 Å². The highest BCUT2D eigenvalue weighted by Gasteiger charge is 2.26. The molecule has 146 valence electrons. The summed E-state index contributed by atoms with van der Waals surface area (Å²) in [7, 11) is 0. The van der Waals surface area contributed by atoms with Crippen LogP contribution in [0.1, 0.15) is 38.7 Å². The Morgan fingerprint density at radius 2 is 1.96 bits per heavy atom. The third-order valence-corrected chi connectivity index (χ3v) is 5.74. The van der Waals surface area contributed by atoms with Crippen molar-refractivity contribution in [2.45, 2.75) is 33.1 Å². The van der Waals surface area contributed by atoms with Crippen molar-refractivity contribution < 1.29 is 4.79 Å². The van der Waals surface area contributed by atoms with Crippen molar-refractivity contribution >= 4 is 11.7 Å². The number of aromatic nitrogens is 1. The van der Waals surface area contributed by atoms with Crippen molar-refractivity contribution in [1.29, 1.82) is 5.26 Å². The molecule has 27 heavy (non-hydrogen) atoms. The molecule has 2 fully saturated rings. The second-order valence-electron chi connectivity index (χ2n) is 8.27. The van der Waals surface area contributed by atoms with Gasteiger partial charge in [0.25, 0.3) is 0 Å². The van der Waals surface area contributed by atoms with E-state index in [9.17, 15) is 4.79 Å². The van der Waals surface area contributed by atoms with Crippen molar-refractivity contribution in [3.8, 4) is 6.07 Å². The summed E-state index contributed by atoms with van der Waals surface area (Å²) in [6, 6.07) is 5.77. The summed E-state index contributed by atoms with van der Waals surface area (Å²) < 4.78 is 0. The number of nitrogens with zero attached hydrogens (tertiary/aromatic N) is 4. The third-order valence-electron chi connectivity index (χ3n) is 5.74. The lowest BCUT2D eigenvalue weighted by molar-refractivity contribution is -0.125. The fraction of sp³-hybridized carbons (Fsp3) is 0.667. The number of amides is 1. The second kappa shape index (κ2) is 9.18. The standard InChI is InChI=1S/C21H31N5O/c1-16-11-17(2)15-25(14-16)10-7-23-21(27)19-5-8-26(9-6-19)20-4-3-18(12-22)13-24-20/h3-4,13,16-17,19H,5-11,14-15H2,1-2H3,(H,23,27)/t16-,17-/m0/s1. The molecular formula is C21H31N5O. The van der Waals surface area contributed by atoms with E-state index >= 15 is 0 Å². The number of carbonyl (C=O) groups excluding carboxylic acids is 1. The number of likely N-dealkylation sites (tertiary alicyclic amines) is 1. The molecule has 0 aliphatic carbocycles. The van der Waals surface area contributed by atoms with E-state index in [0.717, 1.165) is 69.8 Å². The van der Waals surface area contributed by atoms with Gasteiger partial charge in [-0.1, -0.05) is 13.8 Å². The molecule has 2 saturated heterocycles. The predicted molar refractivity (Wildman–Crippen MR) is 106 cm³/mol. The molecule has 2 aliphatic rings. The molecule has 0 unspecified atom stereocenters. The van der Waals surface area contributed by atoms with Gasteiger partial charge in [0, 0.05) is 51.4 Å². The molecule has 2 atom stereocenters. The third kappa shape index (κ3) is 5.43. The van der Waals surface area contributed by atoms with Crippen LogP contribution in [0.3, 0.4) is 0 Å². The highest BCUT2D eigenvalue weighted by Crippen LogP contribution is 2.22. The Morgan fingerprint density at radius 3 is 2.56 bits per heavy atom. The molecule has 3 heterocycles. The van der Waals surface area contributed by atoms with Crippen LogP contribution in [0, 0.1) is 29.1 Å². The number of anilines is 1. The second-order valence-corrected chi connectivity index (χ2v) is 8.27. The molecule has 1 aromatic rings. The van der Waals surface area contributed by atoms with Gasteiger partial charge in [0.2, 0.25) is 5.91 Å². The summed E-state index contributed by atoms with van der Waals surface area (Å²) in [5.41, 5.74) is 0.575. The van der Waals surface area contributed by atoms with Crippen LogP contribution in [0.4, 0.5) is 5.82 Å². The first-order valence-corrected chi connectivity index (χ1v) is 10.2. The zero-order valence-electron chi connectivity index (χ0n) is 16.5. The quantitative estimate of drug-likeness (QED) is 0.862. The zero-order chi connectivity index (χ0) is 19.2. The van der Waals surface area contributed by atoms with Gasteiger partial charge in [0.1, 0.15) is 11.9 Å². The normalized spacial score (nSPS) is 24.4. The van der Waals surface area contributed by atoms with Crippen molar-refractivity contribution in [1.82, 2.24) is 15.2 Å². The smallest absolute Gasteiger partial charge is 0.223 e. The van der Waals surface area contributed by atoms with Crippen molar-refractivity contribution in [3.63, 3.8) is 0 Å². The van der Waals surface area contributed by atoms with Gasteiger partial charge in [-0.2, -0.15) is 5.26 Å². The van der Waals surface area contributed by atoms with E-state index in [-0.39, 0.29) is 11.8 Å². The molecule has 0 spiro atoms. The van der Waals surface area contributed by atoms with Gasteiger partial charge in [-0.15, -0.1) is 0 Å². The van der Waals surface area contributed by atoms with Crippen molar-refractivity contribution in [3.05, 3.63) is 23.9 Å². The fourth-order valence-electron chi connectivity index (χ4n) is 4.47. The Bertz CT molecular complexity index is 650. The van der Waals surface area contributed by atoms with Gasteiger partial charge in [0.05, 0.1) is 5.56 Å². The monoisotopic (exact) mass is 369 g/mol. The minimum absolute atomic E-state index is 0.0961. The highest BCUT2D eigenvalue weighted by molar-refractivity contribution is 5.78. The first kappa shape index (κ1) is 19.6. The van der Waals surface area contributed by atoms with E-state index in [0.29, 0.717) is 5.56 Å². The summed E-state index contributed by atoms with van der Waals surface area (Å²) in [6.45, 7) is 10.3. The number of nitriles is 1. The van der Waals surface area contributed by atoms with Crippen LogP contribution in [0.5, 0.6) is 0 Å². The first-order chi connectivity index (χ1) is 13.0. The van der Waals surface area contributed by atoms with Crippen LogP contribution in [0.15, 0.2) is 18.3 Å². The number of carbonyl (C=O) groups is 1. The van der Waals surface area contributed by atoms with Crippen LogP contribution in [0.25, 0.3) is 0 Å². The van der Waals surface area contributed by atoms with E-state index in [1.807, 2.05) is 6.07 Å². The minimum Gasteiger partial charge on any atom is -0.357 e. The maximum atomic E-state index is 12.5. The van der Waals surface area contributed by atoms with E-state index in [4.69, 9.17) is 5.26 Å². The lowest BCUT2D eigenvalue weighted by Gasteiger charge is -2.35. The molecule has 6 nitrogen and oxygen atoms in total. The molecule has 0 aromatic carbocycles. The van der Waals surface area contributed by atoms with E-state index in [1.54, 1.807) is 12.3 Å². The maximum absolute atomic E-state index is 12.5. The molecule has 1 aromatic heterocycles. The Labute approximate surface area is 162 Å². The van der Waals surface area contributed by atoms with Crippen LogP contribution in [-0.2, 0) is 4.79 Å². The average Bonchev–Trinajstić information content (AvgIpc) is 2.67. The van der Waals surface area contributed by atoms with Gasteiger partial charge in [-0.05, 0) is 43.2 Å². The van der Waals surface area contributed by atoms with Crippen molar-refractivity contribution in [2.75, 3.05) is 44.2 Å². The minimum atomic E-state index is 0.0961. The lowest BCUT2D eigenvalue weighted by atomic mass is 9.92. The summed E-state index contributed by atoms with van der Waals surface area (Å²) in [5.74, 6) is 2.69. The Balaban J connectivity index is 1.38. The summed E-state index contributed by atoms with van der Waals surface area (Å²) in [6.07, 6.45) is 4.63. The number of pyridine rings is 1. The number of hydrogen-bond acceptors (Lipinski definition) is 5. The molecule has 2 aliphatic heterocycles. The molecular weight excluding hydrogens is 338 g/mol. The Hall–Kier alpha value is -2.13. The predicted octanol–water partition coefficient (Wildman–Crippen LogP) is 2.26. The van der Waals surface area contributed by atoms with Gasteiger partial charge in [0.15, 0.2) is 0 Å². The van der Waals surface area contributed by atoms with Gasteiger partial charge >= 0.3 is 0 Å². The largest absolute Gasteiger partial charge is 0.357 e. The van der Waals surface area contributed by atoms with Gasteiger partial charge in [-0.3, -0.25) is 4.79 Å². The van der Waals surface area contributed by atoms with E-state index < -0.39 is 0 Å². The van der Waals surface area contributed by atoms with Crippen LogP contribution in [0.2, 0.25) is 0 Å². The number of nitrogens with one attached hydrogen (secondary N) is 1. The first-order valence-electron chi connectivity index (χ1n) is 10.2. The zero-order valence-corrected chi connectivity index (χ0v) is 16.5. The van der Waals surface area contributed by atoms with Crippen LogP contribution < -0.4 is 10.2 Å². The molecule has 0 saturated carbocycles. The Kier molecular flexibility index (Phi) is 6.68. The van der Waals surface area contributed by atoms with E-state index in [1.165, 1.54) is 6.42 Å². The number of piperidine rings is 2. The van der Waals surface area contributed by atoms with E-state index in [2.05, 4.69) is 40.0 Å². The average molecular weight is 370 g/mol. The van der Waals surface area contributed by atoms with Crippen LogP contribution >= 0.6 is 0 Å². The van der Waals surface area contributed by atoms with Crippen molar-refractivity contribution in [2.24, 2.45) is 17.8 Å². The molecule has 1 N–H and O–H groups in total. The molecule has 6 heteroatoms. The number of hydrogen-bond donors (Lipinski definition) is 1. The summed E-state index contributed by atoms with van der Waals surface area (Å²) in [4.78, 5) is 21.5. The molecule has 0 bridgehead atoms. The summed E-state index contributed by atoms with van der Waals surface area (Å²) in [5, 5.41) is 12.0. The van der Waals surface area contributed by atoms with Crippen LogP contribution in [-0.4, -0.2) is 55.1 Å². The summed E-state index contributed by atoms with van der Waals surface area (Å²) >= 11 is 0. The molecule has 1 amide bonds. The Morgan fingerprint density at radius 1 is 1.26 bits per heavy atom. The fourth-order valence-corrected chi connectivity index (χ4v) is 4.47. The van der Waals surface area contributed by atoms with Gasteiger partial charge in [-0.25, -0.2) is 4.98 Å². The molecule has 0 radical (unpaired) electrons. The molecule has 3 rings (SSSR count). The lowest BCUT2D eigenvalue weighted by Crippen LogP contribution is -2.45. The topological polar surface area (TPSA) is 72.3 Å². The number of rotatable bonds is 5. The maximum Gasteiger partial charge on any atom is 0.223 e. The SMILES string of the molecule is C[C@H]1C[C@H](C)CN(CCNC(=O)C2CCN(c3ccc(C#N)cn3)CC2)C1.